The predicted octanol–water partition coefficient (Wildman–Crippen LogP) is -0.905. The fraction of sp³-hybridized carbons (Fsp3) is 0.750. The topological polar surface area (TPSA) is 99.7 Å². The first kappa shape index (κ1) is 12.7. The minimum Gasteiger partial charge on any atom is -0.409 e. The van der Waals surface area contributed by atoms with E-state index in [0.29, 0.717) is 13.1 Å². The summed E-state index contributed by atoms with van der Waals surface area (Å²) in [6.07, 6.45) is 0. The number of amides is 1. The second-order valence-electron chi connectivity index (χ2n) is 3.01. The molecule has 0 radical (unpaired) electrons. The maximum absolute atomic E-state index is 11.0. The lowest BCUT2D eigenvalue weighted by Gasteiger charge is -2.10. The molecule has 14 heavy (non-hydrogen) atoms. The van der Waals surface area contributed by atoms with Crippen LogP contribution in [0.25, 0.3) is 0 Å². The van der Waals surface area contributed by atoms with Crippen molar-refractivity contribution in [2.24, 2.45) is 16.8 Å². The molecule has 6 heteroatoms. The summed E-state index contributed by atoms with van der Waals surface area (Å²) in [5, 5.41) is 16.8. The first-order chi connectivity index (χ1) is 6.61. The third-order valence-corrected chi connectivity index (χ3v) is 1.73. The van der Waals surface area contributed by atoms with Gasteiger partial charge >= 0.3 is 0 Å². The van der Waals surface area contributed by atoms with E-state index in [4.69, 9.17) is 10.9 Å². The molecule has 6 nitrogen and oxygen atoms in total. The number of hydrogen-bond acceptors (Lipinski definition) is 4. The van der Waals surface area contributed by atoms with Gasteiger partial charge in [-0.15, -0.1) is 0 Å². The Labute approximate surface area is 83.5 Å². The number of carbonyl (C=O) groups excluding carboxylic acids is 1. The van der Waals surface area contributed by atoms with Crippen molar-refractivity contribution in [2.45, 2.75) is 13.8 Å². The monoisotopic (exact) mass is 202 g/mol. The third-order valence-electron chi connectivity index (χ3n) is 1.73. The highest BCUT2D eigenvalue weighted by Gasteiger charge is 2.07. The van der Waals surface area contributed by atoms with Gasteiger partial charge in [-0.05, 0) is 6.92 Å². The summed E-state index contributed by atoms with van der Waals surface area (Å²) < 4.78 is 0. The van der Waals surface area contributed by atoms with Crippen molar-refractivity contribution in [3.8, 4) is 0 Å². The van der Waals surface area contributed by atoms with Crippen molar-refractivity contribution in [1.29, 1.82) is 0 Å². The largest absolute Gasteiger partial charge is 0.409 e. The van der Waals surface area contributed by atoms with Crippen LogP contribution in [0, 0.1) is 5.92 Å². The molecule has 0 bridgehead atoms. The Balaban J connectivity index is 3.59. The molecule has 0 fully saturated rings. The quantitative estimate of drug-likeness (QED) is 0.194. The van der Waals surface area contributed by atoms with E-state index in [2.05, 4.69) is 15.8 Å². The smallest absolute Gasteiger partial charge is 0.233 e. The summed E-state index contributed by atoms with van der Waals surface area (Å²) in [7, 11) is 0. The van der Waals surface area contributed by atoms with Crippen LogP contribution in [0.2, 0.25) is 0 Å². The van der Waals surface area contributed by atoms with Gasteiger partial charge in [0.25, 0.3) is 0 Å². The highest BCUT2D eigenvalue weighted by molar-refractivity contribution is 5.82. The number of rotatable bonds is 6. The maximum atomic E-state index is 11.0. The lowest BCUT2D eigenvalue weighted by Crippen LogP contribution is -2.38. The van der Waals surface area contributed by atoms with Crippen molar-refractivity contribution >= 4 is 11.7 Å². The summed E-state index contributed by atoms with van der Waals surface area (Å²) in [6, 6.07) is 0. The van der Waals surface area contributed by atoms with Gasteiger partial charge in [-0.25, -0.2) is 0 Å². The van der Waals surface area contributed by atoms with Gasteiger partial charge < -0.3 is 21.6 Å². The number of carbonyl (C=O) groups is 1. The first-order valence-electron chi connectivity index (χ1n) is 4.56. The van der Waals surface area contributed by atoms with E-state index < -0.39 is 0 Å². The Morgan fingerprint density at radius 1 is 1.64 bits per heavy atom. The minimum atomic E-state index is -0.0885. The van der Waals surface area contributed by atoms with Crippen LogP contribution in [0.1, 0.15) is 13.8 Å². The van der Waals surface area contributed by atoms with E-state index in [-0.39, 0.29) is 24.2 Å². The Hall–Kier alpha value is -1.30. The Kier molecular flexibility index (Phi) is 6.47. The molecule has 0 aromatic carbocycles. The molecule has 5 N–H and O–H groups in total. The third kappa shape index (κ3) is 5.36. The predicted molar refractivity (Wildman–Crippen MR) is 54.1 cm³/mol. The van der Waals surface area contributed by atoms with Crippen LogP contribution in [0.3, 0.4) is 0 Å². The molecule has 0 aliphatic carbocycles. The molecule has 0 saturated heterocycles. The van der Waals surface area contributed by atoms with Crippen LogP contribution in [-0.2, 0) is 4.79 Å². The van der Waals surface area contributed by atoms with E-state index in [1.165, 1.54) is 0 Å². The number of hydrogen-bond donors (Lipinski definition) is 4. The molecule has 0 aliphatic rings. The highest BCUT2D eigenvalue weighted by Crippen LogP contribution is 1.90. The molecular weight excluding hydrogens is 184 g/mol. The van der Waals surface area contributed by atoms with Gasteiger partial charge in [0.15, 0.2) is 0 Å². The molecule has 1 unspecified atom stereocenters. The average Bonchev–Trinajstić information content (AvgIpc) is 2.16. The fourth-order valence-corrected chi connectivity index (χ4v) is 0.865. The van der Waals surface area contributed by atoms with Crippen molar-refractivity contribution in [1.82, 2.24) is 10.6 Å². The molecule has 82 valence electrons. The van der Waals surface area contributed by atoms with Gasteiger partial charge in [0.05, 0.1) is 6.54 Å². The molecule has 0 aromatic heterocycles. The van der Waals surface area contributed by atoms with Crippen LogP contribution >= 0.6 is 0 Å². The molecule has 0 spiro atoms. The number of nitrogens with one attached hydrogen (secondary N) is 2. The molecule has 0 aromatic rings. The molecule has 1 amide bonds. The first-order valence-corrected chi connectivity index (χ1v) is 4.56. The SMILES string of the molecule is CCNC(=O)CNCC(C)C(N)=NO. The zero-order chi connectivity index (χ0) is 11.0. The minimum absolute atomic E-state index is 0.0563. The van der Waals surface area contributed by atoms with E-state index in [1.807, 2.05) is 6.92 Å². The molecule has 0 rings (SSSR count). The molecular formula is C8H18N4O2. The van der Waals surface area contributed by atoms with Crippen LogP contribution < -0.4 is 16.4 Å². The Morgan fingerprint density at radius 2 is 2.29 bits per heavy atom. The van der Waals surface area contributed by atoms with Gasteiger partial charge in [-0.3, -0.25) is 4.79 Å². The van der Waals surface area contributed by atoms with Crippen LogP contribution in [0.5, 0.6) is 0 Å². The van der Waals surface area contributed by atoms with Gasteiger partial charge in [-0.1, -0.05) is 12.1 Å². The van der Waals surface area contributed by atoms with Gasteiger partial charge in [0.2, 0.25) is 5.91 Å². The maximum Gasteiger partial charge on any atom is 0.233 e. The fourth-order valence-electron chi connectivity index (χ4n) is 0.865. The number of likely N-dealkylation sites (N-methyl/N-ethyl adjacent to an activating group) is 1. The van der Waals surface area contributed by atoms with Crippen LogP contribution in [-0.4, -0.2) is 36.6 Å². The lowest BCUT2D eigenvalue weighted by molar-refractivity contribution is -0.120. The van der Waals surface area contributed by atoms with Crippen molar-refractivity contribution in [3.05, 3.63) is 0 Å². The number of nitrogens with two attached hydrogens (primary N) is 1. The van der Waals surface area contributed by atoms with Gasteiger partial charge in [0.1, 0.15) is 5.84 Å². The summed E-state index contributed by atoms with van der Waals surface area (Å²) in [6.45, 7) is 5.04. The highest BCUT2D eigenvalue weighted by atomic mass is 16.4. The molecule has 1 atom stereocenters. The van der Waals surface area contributed by atoms with Gasteiger partial charge in [-0.2, -0.15) is 0 Å². The zero-order valence-corrected chi connectivity index (χ0v) is 8.58. The van der Waals surface area contributed by atoms with E-state index in [0.717, 1.165) is 0 Å². The molecule has 0 heterocycles. The standard InChI is InChI=1S/C8H18N4O2/c1-3-11-7(13)5-10-4-6(2)8(9)12-14/h6,10,14H,3-5H2,1-2H3,(H2,9,12)(H,11,13). The van der Waals surface area contributed by atoms with Gasteiger partial charge in [0, 0.05) is 19.0 Å². The van der Waals surface area contributed by atoms with Crippen molar-refractivity contribution in [3.63, 3.8) is 0 Å². The molecule has 0 saturated carbocycles. The van der Waals surface area contributed by atoms with E-state index >= 15 is 0 Å². The van der Waals surface area contributed by atoms with E-state index in [9.17, 15) is 4.79 Å². The average molecular weight is 202 g/mol. The lowest BCUT2D eigenvalue weighted by atomic mass is 10.1. The Morgan fingerprint density at radius 3 is 2.79 bits per heavy atom. The second kappa shape index (κ2) is 7.14. The van der Waals surface area contributed by atoms with Crippen molar-refractivity contribution < 1.29 is 10.0 Å². The summed E-state index contributed by atoms with van der Waals surface area (Å²) in [5.74, 6) is 0.0158. The van der Waals surface area contributed by atoms with Crippen LogP contribution in [0.15, 0.2) is 5.16 Å². The molecule has 0 aliphatic heterocycles. The summed E-state index contributed by atoms with van der Waals surface area (Å²) >= 11 is 0. The van der Waals surface area contributed by atoms with E-state index in [1.54, 1.807) is 6.92 Å². The normalized spacial score (nSPS) is 13.7. The summed E-state index contributed by atoms with van der Waals surface area (Å²) in [4.78, 5) is 11.0. The van der Waals surface area contributed by atoms with Crippen LogP contribution in [0.4, 0.5) is 0 Å². The summed E-state index contributed by atoms with van der Waals surface area (Å²) in [5.41, 5.74) is 5.35. The number of nitrogens with zero attached hydrogens (tertiary/aromatic N) is 1. The number of amidine groups is 1. The van der Waals surface area contributed by atoms with Crippen molar-refractivity contribution in [2.75, 3.05) is 19.6 Å². The Bertz CT molecular complexity index is 206. The second-order valence-corrected chi connectivity index (χ2v) is 3.01. The number of oxime groups is 1. The zero-order valence-electron chi connectivity index (χ0n) is 8.58.